The van der Waals surface area contributed by atoms with E-state index in [0.29, 0.717) is 5.04 Å². The second-order valence-electron chi connectivity index (χ2n) is 19.9. The van der Waals surface area contributed by atoms with Crippen LogP contribution in [0.1, 0.15) is 58.4 Å². The van der Waals surface area contributed by atoms with Gasteiger partial charge >= 0.3 is 0 Å². The molecule has 0 unspecified atom stereocenters. The highest BCUT2D eigenvalue weighted by Crippen LogP contribution is 2.41. The van der Waals surface area contributed by atoms with Gasteiger partial charge in [0.15, 0.2) is 16.5 Å². The van der Waals surface area contributed by atoms with Gasteiger partial charge in [-0.15, -0.1) is 6.42 Å². The predicted molar refractivity (Wildman–Crippen MR) is 325 cm³/mol. The van der Waals surface area contributed by atoms with Crippen molar-refractivity contribution in [1.29, 1.82) is 0 Å². The van der Waals surface area contributed by atoms with Crippen molar-refractivity contribution in [1.82, 2.24) is 28.4 Å². The zero-order chi connectivity index (χ0) is 50.5. The van der Waals surface area contributed by atoms with Gasteiger partial charge in [-0.25, -0.2) is 15.0 Å². The highest BCUT2D eigenvalue weighted by Gasteiger charge is 2.41. The number of terminal acetylenes is 1. The number of nitrogens with one attached hydrogen (secondary N) is 1. The van der Waals surface area contributed by atoms with E-state index in [4.69, 9.17) is 11.4 Å². The second-order valence-corrected chi connectivity index (χ2v) is 35.0. The molecule has 0 spiro atoms. The number of hydrogen-bond donors (Lipinski definition) is 1. The van der Waals surface area contributed by atoms with E-state index in [1.807, 2.05) is 75.8 Å². The molecular formula is C53H61Br3I2N8Si2. The normalized spacial score (nSPS) is 11.6. The average Bonchev–Trinajstić information content (AvgIpc) is 3.93. The lowest BCUT2D eigenvalue weighted by Gasteiger charge is -2.38. The molecule has 0 saturated carbocycles. The Labute approximate surface area is 458 Å². The van der Waals surface area contributed by atoms with E-state index < -0.39 is 16.5 Å². The van der Waals surface area contributed by atoms with Crippen LogP contribution in [0.2, 0.25) is 36.3 Å². The quantitative estimate of drug-likeness (QED) is 0.108. The third kappa shape index (κ3) is 13.5. The number of H-pyrrole nitrogens is 1. The Hall–Kier alpha value is -3.44. The Morgan fingerprint density at radius 1 is 0.574 bits per heavy atom. The second kappa shape index (κ2) is 22.8. The molecular weight excluding hydrogens is 1300 g/mol. The predicted octanol–water partition coefficient (Wildman–Crippen LogP) is 16.0. The lowest BCUT2D eigenvalue weighted by molar-refractivity contribution is 0.700. The van der Waals surface area contributed by atoms with Crippen LogP contribution in [-0.4, -0.2) is 73.1 Å². The summed E-state index contributed by atoms with van der Waals surface area (Å²) >= 11 is 15.1. The van der Waals surface area contributed by atoms with Gasteiger partial charge in [-0.2, -0.15) is 0 Å². The minimum Gasteiger partial charge on any atom is -0.378 e. The first-order chi connectivity index (χ1) is 31.6. The minimum atomic E-state index is -1.89. The number of aromatic amines is 1. The van der Waals surface area contributed by atoms with Crippen LogP contribution in [0.25, 0.3) is 33.1 Å². The monoisotopic (exact) mass is 1360 g/mol. The summed E-state index contributed by atoms with van der Waals surface area (Å²) in [5, 5.41) is 3.97. The molecule has 6 aromatic heterocycles. The van der Waals surface area contributed by atoms with Crippen LogP contribution in [0.4, 0.5) is 11.4 Å². The topological polar surface area (TPSA) is 70.8 Å². The molecule has 1 N–H and O–H groups in total. The molecule has 0 aliphatic heterocycles. The maximum Gasteiger partial charge on any atom is 0.164 e. The third-order valence-electron chi connectivity index (χ3n) is 12.6. The van der Waals surface area contributed by atoms with Crippen LogP contribution >= 0.6 is 93.0 Å². The number of benzene rings is 2. The van der Waals surface area contributed by atoms with Crippen molar-refractivity contribution in [2.75, 3.05) is 38.0 Å². The largest absolute Gasteiger partial charge is 0.378 e. The molecule has 0 fully saturated rings. The summed E-state index contributed by atoms with van der Waals surface area (Å²) in [6, 6.07) is 29.1. The third-order valence-corrected chi connectivity index (χ3v) is 26.2. The molecule has 0 radical (unpaired) electrons. The summed E-state index contributed by atoms with van der Waals surface area (Å²) in [6.07, 6.45) is 10.8. The molecule has 2 aromatic carbocycles. The molecule has 0 saturated heterocycles. The Morgan fingerprint density at radius 2 is 1.00 bits per heavy atom. The maximum atomic E-state index is 5.21. The summed E-state index contributed by atoms with van der Waals surface area (Å²) < 4.78 is 10.4. The number of aromatic nitrogens is 6. The molecule has 0 atom stereocenters. The van der Waals surface area contributed by atoms with Crippen molar-refractivity contribution in [3.05, 3.63) is 141 Å². The number of halogens is 5. The fourth-order valence-corrected chi connectivity index (χ4v) is 14.9. The van der Waals surface area contributed by atoms with Crippen LogP contribution in [0.5, 0.6) is 0 Å². The van der Waals surface area contributed by atoms with Crippen molar-refractivity contribution in [3.8, 4) is 24.2 Å². The van der Waals surface area contributed by atoms with Crippen molar-refractivity contribution >= 4 is 154 Å². The molecule has 6 heterocycles. The maximum absolute atomic E-state index is 5.21. The first-order valence-corrected chi connectivity index (χ1v) is 32.4. The van der Waals surface area contributed by atoms with Gasteiger partial charge in [0.05, 0.1) is 13.1 Å². The molecule has 8 rings (SSSR count). The van der Waals surface area contributed by atoms with Gasteiger partial charge in [0.2, 0.25) is 0 Å². The van der Waals surface area contributed by atoms with Gasteiger partial charge < -0.3 is 23.2 Å². The van der Waals surface area contributed by atoms with Gasteiger partial charge in [0.1, 0.15) is 16.9 Å². The van der Waals surface area contributed by atoms with E-state index in [-0.39, 0.29) is 5.04 Å². The van der Waals surface area contributed by atoms with Gasteiger partial charge in [0, 0.05) is 98.9 Å². The number of rotatable bonds is 4. The Morgan fingerprint density at radius 3 is 1.47 bits per heavy atom. The first kappa shape index (κ1) is 55.5. The van der Waals surface area contributed by atoms with Crippen LogP contribution in [0, 0.1) is 31.6 Å². The van der Waals surface area contributed by atoms with E-state index in [9.17, 15) is 0 Å². The molecule has 15 heteroatoms. The van der Waals surface area contributed by atoms with E-state index in [1.54, 1.807) is 6.20 Å². The molecule has 8 nitrogen and oxygen atoms in total. The molecule has 356 valence electrons. The summed E-state index contributed by atoms with van der Waals surface area (Å²) in [7, 11) is 4.59. The molecule has 8 aromatic rings. The molecule has 0 amide bonds. The fraction of sp³-hybridized carbons (Fsp3) is 0.302. The number of nitrogens with zero attached hydrogens (tertiary/aromatic N) is 7. The minimum absolute atomic E-state index is 0.178. The van der Waals surface area contributed by atoms with Crippen LogP contribution < -0.4 is 9.80 Å². The molecule has 68 heavy (non-hydrogen) atoms. The van der Waals surface area contributed by atoms with E-state index >= 15 is 0 Å². The number of pyridine rings is 3. The molecule has 0 bridgehead atoms. The lowest BCUT2D eigenvalue weighted by atomic mass is 10.2. The van der Waals surface area contributed by atoms with Crippen molar-refractivity contribution in [3.63, 3.8) is 0 Å². The van der Waals surface area contributed by atoms with Crippen LogP contribution in [0.15, 0.2) is 117 Å². The smallest absolute Gasteiger partial charge is 0.164 e. The lowest BCUT2D eigenvalue weighted by Crippen LogP contribution is -2.46. The van der Waals surface area contributed by atoms with E-state index in [0.717, 1.165) is 61.7 Å². The Kier molecular flexibility index (Phi) is 18.6. The summed E-state index contributed by atoms with van der Waals surface area (Å²) in [5.41, 5.74) is 8.43. The van der Waals surface area contributed by atoms with Gasteiger partial charge in [0.25, 0.3) is 0 Å². The van der Waals surface area contributed by atoms with Gasteiger partial charge in [-0.3, -0.25) is 0 Å². The molecule has 0 aliphatic rings. The van der Waals surface area contributed by atoms with Gasteiger partial charge in [-0.1, -0.05) is 79.6 Å². The van der Waals surface area contributed by atoms with E-state index in [2.05, 4.69) is 261 Å². The van der Waals surface area contributed by atoms with Crippen molar-refractivity contribution < 1.29 is 0 Å². The summed E-state index contributed by atoms with van der Waals surface area (Å²) in [6.45, 7) is 23.6. The zero-order valence-electron chi connectivity index (χ0n) is 41.4. The summed E-state index contributed by atoms with van der Waals surface area (Å²) in [5.74, 6) is 9.38. The number of anilines is 2. The summed E-state index contributed by atoms with van der Waals surface area (Å²) in [4.78, 5) is 20.8. The number of hydrogen-bond acceptors (Lipinski definition) is 5. The Balaban J connectivity index is 0.000000184. The molecule has 0 aliphatic carbocycles. The Bertz CT molecular complexity index is 3120. The van der Waals surface area contributed by atoms with Crippen molar-refractivity contribution in [2.45, 2.75) is 77.8 Å². The number of fused-ring (bicyclic) bond motifs is 3. The van der Waals surface area contributed by atoms with Gasteiger partial charge in [-0.05, 0) is 194 Å². The first-order valence-electron chi connectivity index (χ1n) is 22.0. The SMILES string of the molecule is Brc1cnc2[nH]c(I)cc2c1.C#Cc1ccc(N(C)C)cc1.CC(C)(C)[Si](C)(C)n1c(I)cc2cc(Br)cnc21.CN(C)c1ccc(C#Cc2cc3cc(Br)cnc3n2[Si](C)(C)C(C)(C)C)cc1. The standard InChI is InChI=1S/C23H28BrN3Si.C13H18BrIN2Si.C10H11N.C7H4BrIN2/c1-23(2,3)28(6,7)27-21(15-18-14-19(24)16-25-22(18)27)13-10-17-8-11-20(12-9-17)26(4)5;1-13(2,3)18(4,5)17-11(15)7-9-6-10(14)8-16-12(9)17;1-4-9-5-7-10(8-6-9)11(2)3;8-5-1-4-2-6(9)11-7(4)10-3-5/h8-9,11-12,14-16H,1-7H3;6-8H,1-5H3;1,5-8H,2-3H3;1-3H,(H,10,11). The fourth-order valence-electron chi connectivity index (χ4n) is 6.75. The average molecular weight is 1360 g/mol. The highest BCUT2D eigenvalue weighted by molar-refractivity contribution is 14.1. The van der Waals surface area contributed by atoms with Crippen LogP contribution in [0.3, 0.4) is 0 Å². The van der Waals surface area contributed by atoms with Crippen molar-refractivity contribution in [2.24, 2.45) is 0 Å². The zero-order valence-corrected chi connectivity index (χ0v) is 52.5. The van der Waals surface area contributed by atoms with E-state index in [1.165, 1.54) is 20.5 Å². The highest BCUT2D eigenvalue weighted by atomic mass is 127. The van der Waals surface area contributed by atoms with Crippen LogP contribution in [-0.2, 0) is 0 Å².